The highest BCUT2D eigenvalue weighted by Gasteiger charge is 2.29. The molecule has 13 heteroatoms. The maximum atomic E-state index is 11.5. The number of carbonyl (C=O) groups excluding carboxylic acids is 1. The van der Waals surface area contributed by atoms with Crippen molar-refractivity contribution in [3.8, 4) is 45.4 Å². The summed E-state index contributed by atoms with van der Waals surface area (Å²) in [5.41, 5.74) is 5.40. The summed E-state index contributed by atoms with van der Waals surface area (Å²) in [6, 6.07) is 11.9. The first-order chi connectivity index (χ1) is 23.4. The lowest BCUT2D eigenvalue weighted by Gasteiger charge is -2.35. The number of aromatic nitrogens is 4. The number of methoxy groups -OCH3 is 2. The van der Waals surface area contributed by atoms with Crippen molar-refractivity contribution in [2.75, 3.05) is 27.4 Å². The molecule has 1 amide bonds. The Hall–Kier alpha value is -3.87. The van der Waals surface area contributed by atoms with Crippen LogP contribution in [-0.4, -0.2) is 71.4 Å². The van der Waals surface area contributed by atoms with E-state index in [4.69, 9.17) is 47.4 Å². The zero-order valence-corrected chi connectivity index (χ0v) is 28.7. The molecule has 3 N–H and O–H groups in total. The summed E-state index contributed by atoms with van der Waals surface area (Å²) in [6.07, 6.45) is 7.08. The normalized spacial score (nSPS) is 18.8. The van der Waals surface area contributed by atoms with Crippen molar-refractivity contribution >= 4 is 29.1 Å². The second-order valence-electron chi connectivity index (χ2n) is 11.8. The molecule has 48 heavy (non-hydrogen) atoms. The maximum absolute atomic E-state index is 11.5. The van der Waals surface area contributed by atoms with Gasteiger partial charge < -0.3 is 30.2 Å². The summed E-state index contributed by atoms with van der Waals surface area (Å²) in [6.45, 7) is 4.38. The Bertz CT molecular complexity index is 1770. The molecule has 1 atom stereocenters. The van der Waals surface area contributed by atoms with E-state index in [1.165, 1.54) is 0 Å². The summed E-state index contributed by atoms with van der Waals surface area (Å²) in [5.74, 6) is 0.923. The van der Waals surface area contributed by atoms with Gasteiger partial charge in [-0.3, -0.25) is 14.8 Å². The first-order valence-corrected chi connectivity index (χ1v) is 16.9. The molecule has 0 spiro atoms. The summed E-state index contributed by atoms with van der Waals surface area (Å²) < 4.78 is 16.9. The van der Waals surface area contributed by atoms with Gasteiger partial charge in [-0.25, -0.2) is 9.97 Å². The van der Waals surface area contributed by atoms with Crippen molar-refractivity contribution in [2.45, 2.75) is 63.9 Å². The van der Waals surface area contributed by atoms with Gasteiger partial charge in [0.05, 0.1) is 54.2 Å². The predicted octanol–water partition coefficient (Wildman–Crippen LogP) is 5.62. The van der Waals surface area contributed by atoms with E-state index in [-0.39, 0.29) is 11.9 Å². The van der Waals surface area contributed by atoms with E-state index in [0.29, 0.717) is 88.2 Å². The zero-order valence-electron chi connectivity index (χ0n) is 27.2. The summed E-state index contributed by atoms with van der Waals surface area (Å²) in [5, 5.41) is 10.8. The quantitative estimate of drug-likeness (QED) is 0.153. The van der Waals surface area contributed by atoms with E-state index in [0.717, 1.165) is 42.7 Å². The van der Waals surface area contributed by atoms with Crippen LogP contribution in [0.4, 0.5) is 0 Å². The smallest absolute Gasteiger partial charge is 0.237 e. The zero-order chi connectivity index (χ0) is 33.6. The highest BCUT2D eigenvalue weighted by Crippen LogP contribution is 2.42. The molecule has 6 rings (SSSR count). The average Bonchev–Trinajstić information content (AvgIpc) is 3.50. The molecule has 0 radical (unpaired) electrons. The van der Waals surface area contributed by atoms with Gasteiger partial charge in [-0.2, -0.15) is 0 Å². The number of benzene rings is 2. The van der Waals surface area contributed by atoms with Gasteiger partial charge in [-0.05, 0) is 26.2 Å². The molecule has 1 aliphatic carbocycles. The Balaban J connectivity index is 1.20. The molecule has 2 aromatic heterocycles. The molecule has 2 aromatic carbocycles. The summed E-state index contributed by atoms with van der Waals surface area (Å²) >= 11 is 14.1. The van der Waals surface area contributed by atoms with Crippen molar-refractivity contribution in [3.63, 3.8) is 0 Å². The summed E-state index contributed by atoms with van der Waals surface area (Å²) in [7, 11) is 3.15. The third-order valence-corrected chi connectivity index (χ3v) is 9.49. The largest absolute Gasteiger partial charge is 0.480 e. The molecule has 1 saturated carbocycles. The fourth-order valence-electron chi connectivity index (χ4n) is 6.04. The lowest BCUT2D eigenvalue weighted by Crippen LogP contribution is -2.45. The first-order valence-electron chi connectivity index (χ1n) is 16.1. The van der Waals surface area contributed by atoms with Gasteiger partial charge in [0.25, 0.3) is 0 Å². The number of nitrogens with zero attached hydrogens (tertiary/aromatic N) is 4. The van der Waals surface area contributed by atoms with Crippen molar-refractivity contribution in [1.29, 1.82) is 0 Å². The molecule has 4 aromatic rings. The van der Waals surface area contributed by atoms with Gasteiger partial charge in [0.1, 0.15) is 11.4 Å². The van der Waals surface area contributed by atoms with E-state index in [2.05, 4.69) is 25.9 Å². The number of ether oxygens (including phenoxy) is 3. The van der Waals surface area contributed by atoms with Crippen molar-refractivity contribution in [1.82, 2.24) is 35.9 Å². The van der Waals surface area contributed by atoms with E-state index in [1.807, 2.05) is 43.3 Å². The average molecular weight is 693 g/mol. The Morgan fingerprint density at radius 3 is 1.94 bits per heavy atom. The van der Waals surface area contributed by atoms with Crippen LogP contribution in [0.3, 0.4) is 0 Å². The molecule has 252 valence electrons. The minimum absolute atomic E-state index is 0.0859. The van der Waals surface area contributed by atoms with Crippen LogP contribution in [0.15, 0.2) is 48.8 Å². The van der Waals surface area contributed by atoms with Crippen LogP contribution in [0.2, 0.25) is 10.0 Å². The Kier molecular flexibility index (Phi) is 11.0. The van der Waals surface area contributed by atoms with Crippen LogP contribution in [0.1, 0.15) is 44.0 Å². The number of amides is 1. The predicted molar refractivity (Wildman–Crippen MR) is 185 cm³/mol. The van der Waals surface area contributed by atoms with E-state index in [1.54, 1.807) is 26.6 Å². The lowest BCUT2D eigenvalue weighted by molar-refractivity contribution is -0.119. The van der Waals surface area contributed by atoms with E-state index < -0.39 is 0 Å². The van der Waals surface area contributed by atoms with Crippen LogP contribution in [0.5, 0.6) is 11.8 Å². The van der Waals surface area contributed by atoms with Crippen LogP contribution < -0.4 is 25.4 Å². The molecule has 0 bridgehead atoms. The molecule has 2 aliphatic rings. The molecule has 1 aliphatic heterocycles. The van der Waals surface area contributed by atoms with Gasteiger partial charge in [0, 0.05) is 67.0 Å². The molecular formula is C35H39Cl2N7O4. The molecule has 11 nitrogen and oxygen atoms in total. The number of carbonyl (C=O) groups is 1. The van der Waals surface area contributed by atoms with E-state index in [9.17, 15) is 4.79 Å². The van der Waals surface area contributed by atoms with Gasteiger partial charge >= 0.3 is 0 Å². The Morgan fingerprint density at radius 1 is 0.854 bits per heavy atom. The van der Waals surface area contributed by atoms with Gasteiger partial charge in [0.15, 0.2) is 0 Å². The third-order valence-electron chi connectivity index (χ3n) is 8.67. The monoisotopic (exact) mass is 691 g/mol. The standard InChI is InChI=1S/C35H39Cl2N7O4/c1-4-48-22-13-21(14-22)39-19-30-35(47-3)44-28(18-41-30)26-10-6-8-24(33(26)37)23-7-5-9-25(32(23)36)27-17-40-29(34(43-27)46-2)16-38-15-20-11-12-31(45)42-20/h5-10,17-18,20-22,38-39H,4,11-16,19H2,1-3H3,(H,42,45)/t20?,21-,22-. The number of hydrogen-bond acceptors (Lipinski definition) is 10. The molecule has 3 heterocycles. The molecule has 1 saturated heterocycles. The number of rotatable bonds is 14. The fourth-order valence-corrected chi connectivity index (χ4v) is 6.69. The third kappa shape index (κ3) is 7.55. The Morgan fingerprint density at radius 2 is 1.42 bits per heavy atom. The minimum Gasteiger partial charge on any atom is -0.480 e. The topological polar surface area (TPSA) is 132 Å². The van der Waals surface area contributed by atoms with Crippen LogP contribution in [0.25, 0.3) is 33.6 Å². The van der Waals surface area contributed by atoms with Crippen molar-refractivity contribution < 1.29 is 19.0 Å². The van der Waals surface area contributed by atoms with Crippen LogP contribution in [0, 0.1) is 0 Å². The SMILES string of the molecule is CCO[C@H]1C[C@H](NCc2ncc(-c3cccc(-c4cccc(-c5cnc(CNCC6CCC(=O)N6)c(OC)n5)c4Cl)c3Cl)nc2OC)C1. The second-order valence-corrected chi connectivity index (χ2v) is 12.6. The van der Waals surface area contributed by atoms with Crippen LogP contribution >= 0.6 is 23.2 Å². The second kappa shape index (κ2) is 15.6. The van der Waals surface area contributed by atoms with Gasteiger partial charge in [0.2, 0.25) is 17.7 Å². The highest BCUT2D eigenvalue weighted by molar-refractivity contribution is 6.39. The minimum atomic E-state index is 0.0859. The van der Waals surface area contributed by atoms with Gasteiger partial charge in [-0.15, -0.1) is 0 Å². The number of nitrogens with one attached hydrogen (secondary N) is 3. The highest BCUT2D eigenvalue weighted by atomic mass is 35.5. The molecule has 2 fully saturated rings. The van der Waals surface area contributed by atoms with E-state index >= 15 is 0 Å². The van der Waals surface area contributed by atoms with Crippen molar-refractivity contribution in [2.24, 2.45) is 0 Å². The number of hydrogen-bond donors (Lipinski definition) is 3. The number of halogens is 2. The first kappa shape index (κ1) is 34.0. The summed E-state index contributed by atoms with van der Waals surface area (Å²) in [4.78, 5) is 30.3. The Labute approximate surface area is 290 Å². The molecule has 1 unspecified atom stereocenters. The van der Waals surface area contributed by atoms with Crippen LogP contribution in [-0.2, 0) is 22.6 Å². The van der Waals surface area contributed by atoms with Gasteiger partial charge in [-0.1, -0.05) is 59.6 Å². The fraction of sp³-hybridized carbons (Fsp3) is 0.400. The lowest BCUT2D eigenvalue weighted by atomic mass is 9.89. The van der Waals surface area contributed by atoms with Crippen molar-refractivity contribution in [3.05, 3.63) is 70.2 Å². The molecular weight excluding hydrogens is 653 g/mol. The maximum Gasteiger partial charge on any atom is 0.237 e.